The fraction of sp³-hybridized carbons (Fsp3) is 0.735. The van der Waals surface area contributed by atoms with Crippen molar-refractivity contribution in [1.82, 2.24) is 4.98 Å². The molecule has 0 saturated carbocycles. The lowest BCUT2D eigenvalue weighted by Crippen LogP contribution is -2.58. The highest BCUT2D eigenvalue weighted by Crippen LogP contribution is 2.29. The summed E-state index contributed by atoms with van der Waals surface area (Å²) in [6, 6.07) is 9.18. The van der Waals surface area contributed by atoms with Crippen LogP contribution < -0.4 is 5.32 Å². The second kappa shape index (κ2) is 20.5. The van der Waals surface area contributed by atoms with Gasteiger partial charge in [-0.15, -0.1) is 11.3 Å². The fourth-order valence-electron chi connectivity index (χ4n) is 5.96. The first-order chi connectivity index (χ1) is 21.3. The Morgan fingerprint density at radius 3 is 2.00 bits per heavy atom. The molecule has 8 atom stereocenters. The maximum absolute atomic E-state index is 11.3. The molecule has 0 radical (unpaired) electrons. The number of hydrogen-bond donors (Lipinski definition) is 7. The molecular formula is C34H56N2O7S. The van der Waals surface area contributed by atoms with Gasteiger partial charge in [-0.25, -0.2) is 4.98 Å². The number of thiazole rings is 1. The van der Waals surface area contributed by atoms with E-state index < -0.39 is 55.4 Å². The van der Waals surface area contributed by atoms with Gasteiger partial charge in [0.25, 0.3) is 0 Å². The molecule has 9 nitrogen and oxygen atoms in total. The third-order valence-corrected chi connectivity index (χ3v) is 9.57. The molecular weight excluding hydrogens is 580 g/mol. The zero-order valence-electron chi connectivity index (χ0n) is 26.3. The van der Waals surface area contributed by atoms with Crippen molar-refractivity contribution in [3.63, 3.8) is 0 Å². The third kappa shape index (κ3) is 11.9. The minimum absolute atomic E-state index is 0.221. The van der Waals surface area contributed by atoms with E-state index in [4.69, 9.17) is 4.74 Å². The van der Waals surface area contributed by atoms with Crippen LogP contribution in [0.4, 0.5) is 5.13 Å². The molecule has 0 bridgehead atoms. The molecule has 44 heavy (non-hydrogen) atoms. The maximum Gasteiger partial charge on any atom is 0.183 e. The van der Waals surface area contributed by atoms with Gasteiger partial charge >= 0.3 is 0 Å². The predicted molar refractivity (Wildman–Crippen MR) is 176 cm³/mol. The van der Waals surface area contributed by atoms with Crippen LogP contribution >= 0.6 is 11.3 Å². The van der Waals surface area contributed by atoms with Crippen molar-refractivity contribution in [2.75, 3.05) is 11.9 Å². The summed E-state index contributed by atoms with van der Waals surface area (Å²) in [5.41, 5.74) is 1.78. The van der Waals surface area contributed by atoms with E-state index in [1.54, 1.807) is 0 Å². The normalized spacial score (nSPS) is 24.2. The number of unbranched alkanes of at least 4 members (excludes halogenated alkanes) is 11. The van der Waals surface area contributed by atoms with Crippen LogP contribution in [0.25, 0.3) is 11.3 Å². The Hall–Kier alpha value is -1.63. The zero-order valence-corrected chi connectivity index (χ0v) is 27.2. The molecule has 2 heterocycles. The summed E-state index contributed by atoms with van der Waals surface area (Å²) >= 11 is 1.40. The highest BCUT2D eigenvalue weighted by Gasteiger charge is 2.43. The summed E-state index contributed by atoms with van der Waals surface area (Å²) in [4.78, 5) is 4.68. The number of aromatic nitrogens is 1. The number of aliphatic hydroxyl groups is 6. The SMILES string of the molecule is CCCCCCCCCCCCCC[C@@H](O)[C@@H](O)[C@H](CC[C@H]1O[C@H](CO)[C@H](O)[C@H](O)[C@H]1O)Nc1nc(-c2ccccc2)cs1. The molecule has 0 unspecified atom stereocenters. The fourth-order valence-corrected chi connectivity index (χ4v) is 6.75. The molecule has 1 fully saturated rings. The molecule has 250 valence electrons. The van der Waals surface area contributed by atoms with E-state index in [1.807, 2.05) is 35.7 Å². The van der Waals surface area contributed by atoms with Gasteiger partial charge in [-0.1, -0.05) is 114 Å². The Morgan fingerprint density at radius 1 is 0.795 bits per heavy atom. The first-order valence-corrected chi connectivity index (χ1v) is 17.7. The topological polar surface area (TPSA) is 156 Å². The highest BCUT2D eigenvalue weighted by atomic mass is 32.1. The summed E-state index contributed by atoms with van der Waals surface area (Å²) in [5.74, 6) is 0. The van der Waals surface area contributed by atoms with Gasteiger partial charge in [0, 0.05) is 10.9 Å². The molecule has 7 N–H and O–H groups in total. The number of ether oxygens (including phenoxy) is 1. The van der Waals surface area contributed by atoms with Crippen molar-refractivity contribution in [3.8, 4) is 11.3 Å². The highest BCUT2D eigenvalue weighted by molar-refractivity contribution is 7.14. The molecule has 0 spiro atoms. The summed E-state index contributed by atoms with van der Waals surface area (Å²) in [5, 5.41) is 68.5. The van der Waals surface area contributed by atoms with Crippen LogP contribution in [-0.2, 0) is 4.74 Å². The van der Waals surface area contributed by atoms with E-state index in [0.29, 0.717) is 18.0 Å². The van der Waals surface area contributed by atoms with Gasteiger partial charge in [0.05, 0.1) is 36.7 Å². The van der Waals surface area contributed by atoms with Crippen LogP contribution in [0.2, 0.25) is 0 Å². The lowest BCUT2D eigenvalue weighted by Gasteiger charge is -2.40. The largest absolute Gasteiger partial charge is 0.394 e. The summed E-state index contributed by atoms with van der Waals surface area (Å²) in [6.45, 7) is 1.75. The van der Waals surface area contributed by atoms with Crippen molar-refractivity contribution in [2.24, 2.45) is 0 Å². The van der Waals surface area contributed by atoms with Gasteiger partial charge in [0.1, 0.15) is 24.4 Å². The van der Waals surface area contributed by atoms with E-state index in [9.17, 15) is 30.6 Å². The standard InChI is InChI=1S/C34H56N2O7S/c1-2-3-4-5-6-7-8-9-10-11-12-16-19-27(38)30(39)25(20-21-28-31(40)33(42)32(41)29(22-37)43-28)35-34-36-26(23-44-34)24-17-14-13-15-18-24/h13-15,17-18,23,25,27-33,37-42H,2-12,16,19-22H2,1H3,(H,35,36)/t25-,27+,28+,29+,30-,31-,32-,33+/m0/s1. The van der Waals surface area contributed by atoms with Crippen molar-refractivity contribution < 1.29 is 35.4 Å². The van der Waals surface area contributed by atoms with Gasteiger partial charge in [0.2, 0.25) is 0 Å². The quantitative estimate of drug-likeness (QED) is 0.0882. The predicted octanol–water partition coefficient (Wildman–Crippen LogP) is 5.03. The molecule has 0 aliphatic carbocycles. The summed E-state index contributed by atoms with van der Waals surface area (Å²) in [6.07, 6.45) is 7.56. The summed E-state index contributed by atoms with van der Waals surface area (Å²) < 4.78 is 5.69. The number of benzene rings is 1. The Morgan fingerprint density at radius 2 is 1.39 bits per heavy atom. The van der Waals surface area contributed by atoms with Gasteiger partial charge in [0.15, 0.2) is 5.13 Å². The van der Waals surface area contributed by atoms with Crippen LogP contribution in [0.1, 0.15) is 103 Å². The first kappa shape index (κ1) is 36.8. The van der Waals surface area contributed by atoms with Crippen LogP contribution in [0.3, 0.4) is 0 Å². The molecule has 10 heteroatoms. The van der Waals surface area contributed by atoms with Crippen LogP contribution in [0.5, 0.6) is 0 Å². The van der Waals surface area contributed by atoms with Crippen molar-refractivity contribution >= 4 is 16.5 Å². The Labute approximate surface area is 267 Å². The minimum Gasteiger partial charge on any atom is -0.394 e. The molecule has 3 rings (SSSR count). The monoisotopic (exact) mass is 636 g/mol. The molecule has 2 aromatic rings. The Bertz CT molecular complexity index is 1010. The average Bonchev–Trinajstić information content (AvgIpc) is 3.52. The molecule has 1 saturated heterocycles. The zero-order chi connectivity index (χ0) is 31.7. The van der Waals surface area contributed by atoms with Crippen molar-refractivity contribution in [2.45, 2.75) is 152 Å². The van der Waals surface area contributed by atoms with Gasteiger partial charge in [-0.2, -0.15) is 0 Å². The average molecular weight is 637 g/mol. The van der Waals surface area contributed by atoms with Crippen LogP contribution in [0.15, 0.2) is 35.7 Å². The Kier molecular flexibility index (Phi) is 17.1. The molecule has 1 aromatic carbocycles. The van der Waals surface area contributed by atoms with E-state index >= 15 is 0 Å². The molecule has 0 amide bonds. The van der Waals surface area contributed by atoms with Gasteiger partial charge in [-0.3, -0.25) is 0 Å². The van der Waals surface area contributed by atoms with E-state index in [2.05, 4.69) is 17.2 Å². The van der Waals surface area contributed by atoms with Crippen molar-refractivity contribution in [1.29, 1.82) is 0 Å². The van der Waals surface area contributed by atoms with Gasteiger partial charge in [-0.05, 0) is 19.3 Å². The van der Waals surface area contributed by atoms with Crippen LogP contribution in [-0.4, -0.2) is 91.0 Å². The number of aliphatic hydroxyl groups excluding tert-OH is 6. The molecule has 1 aliphatic heterocycles. The summed E-state index contributed by atoms with van der Waals surface area (Å²) in [7, 11) is 0. The van der Waals surface area contributed by atoms with E-state index in [0.717, 1.165) is 30.5 Å². The van der Waals surface area contributed by atoms with Gasteiger partial charge < -0.3 is 40.7 Å². The lowest BCUT2D eigenvalue weighted by molar-refractivity contribution is -0.230. The second-order valence-corrected chi connectivity index (χ2v) is 13.2. The van der Waals surface area contributed by atoms with E-state index in [-0.39, 0.29) is 6.42 Å². The maximum atomic E-state index is 11.3. The smallest absolute Gasteiger partial charge is 0.183 e. The molecule has 1 aliphatic rings. The minimum atomic E-state index is -1.45. The number of hydrogen-bond acceptors (Lipinski definition) is 10. The number of nitrogens with zero attached hydrogens (tertiary/aromatic N) is 1. The molecule has 1 aromatic heterocycles. The second-order valence-electron chi connectivity index (χ2n) is 12.3. The number of nitrogens with one attached hydrogen (secondary N) is 1. The van der Waals surface area contributed by atoms with Crippen molar-refractivity contribution in [3.05, 3.63) is 35.7 Å². The Balaban J connectivity index is 1.51. The first-order valence-electron chi connectivity index (χ1n) is 16.8. The van der Waals surface area contributed by atoms with Crippen LogP contribution in [0, 0.1) is 0 Å². The number of rotatable bonds is 22. The van der Waals surface area contributed by atoms with E-state index in [1.165, 1.54) is 69.1 Å². The third-order valence-electron chi connectivity index (χ3n) is 8.80. The lowest BCUT2D eigenvalue weighted by atomic mass is 9.90. The number of anilines is 1.